The zero-order valence-electron chi connectivity index (χ0n) is 7.84. The molecule has 0 aromatic carbocycles. The summed E-state index contributed by atoms with van der Waals surface area (Å²) in [7, 11) is 0. The monoisotopic (exact) mass is 189 g/mol. The number of amides is 1. The number of primary amides is 1. The van der Waals surface area contributed by atoms with E-state index in [0.29, 0.717) is 5.71 Å². The lowest BCUT2D eigenvalue weighted by Gasteiger charge is -2.31. The summed E-state index contributed by atoms with van der Waals surface area (Å²) in [6.45, 7) is 2.02. The molecule has 4 nitrogen and oxygen atoms in total. The topological polar surface area (TPSA) is 67.8 Å². The molecule has 0 fully saturated rings. The third-order valence-electron chi connectivity index (χ3n) is 2.44. The van der Waals surface area contributed by atoms with Crippen molar-refractivity contribution in [3.63, 3.8) is 0 Å². The number of hydrogen-bond donors (Lipinski definition) is 1. The van der Waals surface area contributed by atoms with Crippen molar-refractivity contribution >= 4 is 17.8 Å². The average molecular weight is 189 g/mol. The highest BCUT2D eigenvalue weighted by molar-refractivity contribution is 6.43. The van der Waals surface area contributed by atoms with E-state index in [1.54, 1.807) is 12.3 Å². The van der Waals surface area contributed by atoms with Crippen LogP contribution >= 0.6 is 0 Å². The molecular formula is C10H11N3O. The van der Waals surface area contributed by atoms with Gasteiger partial charge in [-0.1, -0.05) is 12.2 Å². The molecule has 0 radical (unpaired) electrons. The average Bonchev–Trinajstić information content (AvgIpc) is 2.16. The van der Waals surface area contributed by atoms with Gasteiger partial charge in [-0.3, -0.25) is 14.8 Å². The Kier molecular flexibility index (Phi) is 1.84. The minimum absolute atomic E-state index is 0.215. The molecule has 2 rings (SSSR count). The molecular weight excluding hydrogens is 178 g/mol. The summed E-state index contributed by atoms with van der Waals surface area (Å²) >= 11 is 0. The number of carbonyl (C=O) groups is 1. The maximum atomic E-state index is 10.9. The number of allylic oxidation sites excluding steroid dienone is 1. The first-order valence-corrected chi connectivity index (χ1v) is 4.40. The van der Waals surface area contributed by atoms with E-state index in [9.17, 15) is 4.79 Å². The molecule has 0 aliphatic carbocycles. The van der Waals surface area contributed by atoms with Crippen molar-refractivity contribution in [3.8, 4) is 0 Å². The molecule has 14 heavy (non-hydrogen) atoms. The third-order valence-corrected chi connectivity index (χ3v) is 2.44. The standard InChI is InChI=1S/C10H11N3O/c1-10-4-2-6-12-9(10)13-7(3-5-10)8(11)14/h2-6,9H,1H3,(H2,11,14). The quantitative estimate of drug-likeness (QED) is 0.639. The predicted octanol–water partition coefficient (Wildman–Crippen LogP) is 0.456. The van der Waals surface area contributed by atoms with Crippen LogP contribution in [0.5, 0.6) is 0 Å². The van der Waals surface area contributed by atoms with E-state index < -0.39 is 5.91 Å². The molecule has 72 valence electrons. The van der Waals surface area contributed by atoms with Crippen LogP contribution in [0.3, 0.4) is 0 Å². The first kappa shape index (κ1) is 8.87. The third kappa shape index (κ3) is 1.28. The van der Waals surface area contributed by atoms with Crippen LogP contribution in [0.1, 0.15) is 6.92 Å². The molecule has 2 unspecified atom stereocenters. The van der Waals surface area contributed by atoms with Crippen molar-refractivity contribution < 1.29 is 4.79 Å². The van der Waals surface area contributed by atoms with Gasteiger partial charge >= 0.3 is 0 Å². The fraction of sp³-hybridized carbons (Fsp3) is 0.300. The van der Waals surface area contributed by atoms with Crippen LogP contribution in [0, 0.1) is 5.41 Å². The Hall–Kier alpha value is -1.71. The first-order valence-electron chi connectivity index (χ1n) is 4.40. The summed E-state index contributed by atoms with van der Waals surface area (Å²) in [4.78, 5) is 19.3. The second-order valence-corrected chi connectivity index (χ2v) is 3.61. The normalized spacial score (nSPS) is 33.8. The molecule has 2 N–H and O–H groups in total. The molecule has 0 spiro atoms. The summed E-state index contributed by atoms with van der Waals surface area (Å²) < 4.78 is 0. The number of dihydropyridines is 2. The number of fused-ring (bicyclic) bond motifs is 1. The van der Waals surface area contributed by atoms with Crippen molar-refractivity contribution in [1.82, 2.24) is 0 Å². The lowest BCUT2D eigenvalue weighted by Crippen LogP contribution is -2.35. The molecule has 2 heterocycles. The highest BCUT2D eigenvalue weighted by atomic mass is 16.1. The van der Waals surface area contributed by atoms with Gasteiger partial charge in [0.2, 0.25) is 0 Å². The Balaban J connectivity index is 2.37. The maximum Gasteiger partial charge on any atom is 0.266 e. The molecule has 1 amide bonds. The molecule has 4 heteroatoms. The van der Waals surface area contributed by atoms with E-state index in [-0.39, 0.29) is 11.6 Å². The molecule has 0 saturated heterocycles. The van der Waals surface area contributed by atoms with E-state index in [1.165, 1.54) is 0 Å². The van der Waals surface area contributed by atoms with E-state index >= 15 is 0 Å². The summed E-state index contributed by atoms with van der Waals surface area (Å²) in [5, 5.41) is 0. The largest absolute Gasteiger partial charge is 0.364 e. The molecule has 2 atom stereocenters. The van der Waals surface area contributed by atoms with Gasteiger partial charge in [-0.15, -0.1) is 0 Å². The Morgan fingerprint density at radius 3 is 3.07 bits per heavy atom. The highest BCUT2D eigenvalue weighted by Gasteiger charge is 2.33. The van der Waals surface area contributed by atoms with Crippen molar-refractivity contribution in [2.75, 3.05) is 0 Å². The SMILES string of the molecule is CC12C=CC=NC1N=C(C(N)=O)C=C2. The van der Waals surface area contributed by atoms with Crippen LogP contribution in [0.4, 0.5) is 0 Å². The Morgan fingerprint density at radius 1 is 1.57 bits per heavy atom. The van der Waals surface area contributed by atoms with E-state index in [0.717, 1.165) is 0 Å². The van der Waals surface area contributed by atoms with Crippen LogP contribution in [-0.4, -0.2) is 24.0 Å². The first-order chi connectivity index (χ1) is 6.62. The molecule has 0 saturated carbocycles. The molecule has 2 aliphatic rings. The van der Waals surface area contributed by atoms with Gasteiger partial charge in [0.1, 0.15) is 5.71 Å². The van der Waals surface area contributed by atoms with Gasteiger partial charge in [0.15, 0.2) is 6.17 Å². The Morgan fingerprint density at radius 2 is 2.36 bits per heavy atom. The van der Waals surface area contributed by atoms with Crippen LogP contribution in [0.15, 0.2) is 34.3 Å². The van der Waals surface area contributed by atoms with E-state index in [2.05, 4.69) is 9.98 Å². The van der Waals surface area contributed by atoms with Crippen LogP contribution in [-0.2, 0) is 4.79 Å². The predicted molar refractivity (Wildman–Crippen MR) is 55.3 cm³/mol. The second kappa shape index (κ2) is 2.90. The summed E-state index contributed by atoms with van der Waals surface area (Å²) in [6, 6.07) is 0. The highest BCUT2D eigenvalue weighted by Crippen LogP contribution is 2.33. The van der Waals surface area contributed by atoms with Crippen LogP contribution < -0.4 is 5.73 Å². The maximum absolute atomic E-state index is 10.9. The van der Waals surface area contributed by atoms with E-state index in [1.807, 2.05) is 25.2 Å². The van der Waals surface area contributed by atoms with E-state index in [4.69, 9.17) is 5.73 Å². The van der Waals surface area contributed by atoms with Crippen LogP contribution in [0.25, 0.3) is 0 Å². The Labute approximate surface area is 81.9 Å². The Bertz CT molecular complexity index is 392. The van der Waals surface area contributed by atoms with Gasteiger partial charge < -0.3 is 5.73 Å². The number of rotatable bonds is 1. The molecule has 2 aliphatic heterocycles. The number of carbonyl (C=O) groups excluding carboxylic acids is 1. The zero-order chi connectivity index (χ0) is 10.2. The van der Waals surface area contributed by atoms with Gasteiger partial charge in [-0.25, -0.2) is 0 Å². The minimum Gasteiger partial charge on any atom is -0.364 e. The zero-order valence-corrected chi connectivity index (χ0v) is 7.84. The lowest BCUT2D eigenvalue weighted by molar-refractivity contribution is -0.111. The fourth-order valence-corrected chi connectivity index (χ4v) is 1.52. The smallest absolute Gasteiger partial charge is 0.266 e. The number of nitrogens with two attached hydrogens (primary N) is 1. The van der Waals surface area contributed by atoms with Gasteiger partial charge in [0.25, 0.3) is 5.91 Å². The van der Waals surface area contributed by atoms with Gasteiger partial charge in [-0.05, 0) is 19.1 Å². The van der Waals surface area contributed by atoms with Crippen molar-refractivity contribution in [3.05, 3.63) is 24.3 Å². The minimum atomic E-state index is -0.506. The fourth-order valence-electron chi connectivity index (χ4n) is 1.52. The van der Waals surface area contributed by atoms with Gasteiger partial charge in [0, 0.05) is 11.6 Å². The lowest BCUT2D eigenvalue weighted by atomic mass is 9.83. The van der Waals surface area contributed by atoms with Crippen molar-refractivity contribution in [2.45, 2.75) is 13.1 Å². The molecule has 0 aromatic rings. The second-order valence-electron chi connectivity index (χ2n) is 3.61. The summed E-state index contributed by atoms with van der Waals surface area (Å²) in [5.41, 5.74) is 5.22. The van der Waals surface area contributed by atoms with Gasteiger partial charge in [0.05, 0.1) is 0 Å². The molecule has 0 bridgehead atoms. The van der Waals surface area contributed by atoms with Crippen molar-refractivity contribution in [1.29, 1.82) is 0 Å². The molecule has 0 aromatic heterocycles. The number of nitrogens with zero attached hydrogens (tertiary/aromatic N) is 2. The summed E-state index contributed by atoms with van der Waals surface area (Å²) in [5.74, 6) is -0.506. The number of hydrogen-bond acceptors (Lipinski definition) is 3. The number of aliphatic imine (C=N–C) groups is 2. The van der Waals surface area contributed by atoms with Crippen LogP contribution in [0.2, 0.25) is 0 Å². The van der Waals surface area contributed by atoms with Gasteiger partial charge in [-0.2, -0.15) is 0 Å². The van der Waals surface area contributed by atoms with Crippen molar-refractivity contribution in [2.24, 2.45) is 21.1 Å². The summed E-state index contributed by atoms with van der Waals surface area (Å²) in [6.07, 6.45) is 8.91.